The Kier molecular flexibility index (Phi) is 4.90. The lowest BCUT2D eigenvalue weighted by Gasteiger charge is -2.38. The highest BCUT2D eigenvalue weighted by Crippen LogP contribution is 2.19. The Labute approximate surface area is 126 Å². The zero-order chi connectivity index (χ0) is 15.5. The van der Waals surface area contributed by atoms with Gasteiger partial charge in [-0.1, -0.05) is 0 Å². The molecule has 0 spiro atoms. The van der Waals surface area contributed by atoms with Crippen molar-refractivity contribution < 1.29 is 13.9 Å². The summed E-state index contributed by atoms with van der Waals surface area (Å²) in [5, 5.41) is 2.99. The molecular formula is C15H25N3O3. The third kappa shape index (κ3) is 4.22. The fourth-order valence-corrected chi connectivity index (χ4v) is 2.50. The fourth-order valence-electron chi connectivity index (χ4n) is 2.50. The molecule has 1 saturated heterocycles. The van der Waals surface area contributed by atoms with Gasteiger partial charge in [0, 0.05) is 13.1 Å². The quantitative estimate of drug-likeness (QED) is 0.918. The van der Waals surface area contributed by atoms with Crippen LogP contribution in [-0.4, -0.2) is 61.8 Å². The smallest absolute Gasteiger partial charge is 0.317 e. The van der Waals surface area contributed by atoms with Crippen molar-refractivity contribution in [3.8, 4) is 0 Å². The van der Waals surface area contributed by atoms with Crippen molar-refractivity contribution in [2.24, 2.45) is 0 Å². The van der Waals surface area contributed by atoms with E-state index in [0.29, 0.717) is 26.2 Å². The van der Waals surface area contributed by atoms with Crippen molar-refractivity contribution in [2.75, 3.05) is 40.3 Å². The van der Waals surface area contributed by atoms with Crippen LogP contribution >= 0.6 is 0 Å². The summed E-state index contributed by atoms with van der Waals surface area (Å²) in [6.45, 7) is 6.32. The number of likely N-dealkylation sites (N-methyl/N-ethyl adjacent to an activating group) is 1. The molecule has 118 valence electrons. The van der Waals surface area contributed by atoms with Crippen molar-refractivity contribution in [2.45, 2.75) is 25.5 Å². The molecule has 1 N–H and O–H groups in total. The Hall–Kier alpha value is -1.53. The third-order valence-corrected chi connectivity index (χ3v) is 3.65. The number of amides is 2. The van der Waals surface area contributed by atoms with Crippen LogP contribution in [0.5, 0.6) is 0 Å². The van der Waals surface area contributed by atoms with E-state index in [0.717, 1.165) is 5.76 Å². The second-order valence-electron chi connectivity index (χ2n) is 6.21. The molecule has 6 heteroatoms. The minimum absolute atomic E-state index is 0.0259. The average Bonchev–Trinajstić information content (AvgIpc) is 2.91. The predicted octanol–water partition coefficient (Wildman–Crippen LogP) is 1.70. The normalized spacial score (nSPS) is 19.6. The molecule has 1 fully saturated rings. The number of carbonyl (C=O) groups is 1. The summed E-state index contributed by atoms with van der Waals surface area (Å²) in [4.78, 5) is 16.1. The number of hydrogen-bond acceptors (Lipinski definition) is 4. The summed E-state index contributed by atoms with van der Waals surface area (Å²) in [7, 11) is 3.94. The van der Waals surface area contributed by atoms with E-state index >= 15 is 0 Å². The van der Waals surface area contributed by atoms with Gasteiger partial charge in [-0.3, -0.25) is 4.90 Å². The average molecular weight is 295 g/mol. The zero-order valence-corrected chi connectivity index (χ0v) is 13.3. The summed E-state index contributed by atoms with van der Waals surface area (Å²) in [6.07, 6.45) is 1.65. The van der Waals surface area contributed by atoms with Gasteiger partial charge in [-0.25, -0.2) is 4.79 Å². The molecule has 1 aliphatic heterocycles. The van der Waals surface area contributed by atoms with Crippen LogP contribution in [0.2, 0.25) is 0 Å². The monoisotopic (exact) mass is 295 g/mol. The van der Waals surface area contributed by atoms with Gasteiger partial charge in [0.15, 0.2) is 0 Å². The van der Waals surface area contributed by atoms with Gasteiger partial charge in [-0.05, 0) is 40.1 Å². The third-order valence-electron chi connectivity index (χ3n) is 3.65. The van der Waals surface area contributed by atoms with E-state index < -0.39 is 0 Å². The Morgan fingerprint density at radius 1 is 1.52 bits per heavy atom. The van der Waals surface area contributed by atoms with Gasteiger partial charge < -0.3 is 19.4 Å². The van der Waals surface area contributed by atoms with E-state index in [-0.39, 0.29) is 17.7 Å². The first-order valence-corrected chi connectivity index (χ1v) is 7.25. The maximum Gasteiger partial charge on any atom is 0.317 e. The summed E-state index contributed by atoms with van der Waals surface area (Å²) >= 11 is 0. The molecule has 2 rings (SSSR count). The molecule has 1 aromatic heterocycles. The Balaban J connectivity index is 1.90. The summed E-state index contributed by atoms with van der Waals surface area (Å²) in [5.74, 6) is 0.850. The largest absolute Gasteiger partial charge is 0.468 e. The number of furan rings is 1. The number of urea groups is 1. The zero-order valence-electron chi connectivity index (χ0n) is 13.3. The second kappa shape index (κ2) is 6.49. The van der Waals surface area contributed by atoms with E-state index in [4.69, 9.17) is 9.15 Å². The molecule has 2 amide bonds. The highest BCUT2D eigenvalue weighted by molar-refractivity contribution is 5.74. The topological polar surface area (TPSA) is 58.0 Å². The standard InChI is InChI=1S/C15H25N3O3/c1-15(2)11-18(7-9-21-15)14(19)16-10-12(17(3)4)13-6-5-8-20-13/h5-6,8,12H,7,9-11H2,1-4H3,(H,16,19). The molecule has 0 saturated carbocycles. The van der Waals surface area contributed by atoms with Gasteiger partial charge in [0.25, 0.3) is 0 Å². The number of hydrogen-bond donors (Lipinski definition) is 1. The Bertz CT molecular complexity index is 457. The molecule has 0 aromatic carbocycles. The van der Waals surface area contributed by atoms with Crippen molar-refractivity contribution in [3.63, 3.8) is 0 Å². The van der Waals surface area contributed by atoms with E-state index in [1.165, 1.54) is 0 Å². The maximum atomic E-state index is 12.3. The Morgan fingerprint density at radius 3 is 2.86 bits per heavy atom. The highest BCUT2D eigenvalue weighted by atomic mass is 16.5. The lowest BCUT2D eigenvalue weighted by atomic mass is 10.1. The van der Waals surface area contributed by atoms with Crippen LogP contribution in [0.1, 0.15) is 25.6 Å². The number of morpholine rings is 1. The molecule has 2 heterocycles. The molecular weight excluding hydrogens is 270 g/mol. The number of ether oxygens (including phenoxy) is 1. The van der Waals surface area contributed by atoms with Gasteiger partial charge in [-0.15, -0.1) is 0 Å². The molecule has 0 radical (unpaired) electrons. The highest BCUT2D eigenvalue weighted by Gasteiger charge is 2.30. The molecule has 0 aliphatic carbocycles. The van der Waals surface area contributed by atoms with Crippen LogP contribution in [0.3, 0.4) is 0 Å². The van der Waals surface area contributed by atoms with Crippen molar-refractivity contribution in [1.82, 2.24) is 15.1 Å². The van der Waals surface area contributed by atoms with Crippen molar-refractivity contribution in [3.05, 3.63) is 24.2 Å². The SMILES string of the molecule is CN(C)C(CNC(=O)N1CCOC(C)(C)C1)c1ccco1. The maximum absolute atomic E-state index is 12.3. The van der Waals surface area contributed by atoms with Crippen LogP contribution in [0.15, 0.2) is 22.8 Å². The van der Waals surface area contributed by atoms with Gasteiger partial charge in [0.1, 0.15) is 5.76 Å². The van der Waals surface area contributed by atoms with Crippen LogP contribution in [0.25, 0.3) is 0 Å². The molecule has 0 bridgehead atoms. The van der Waals surface area contributed by atoms with Crippen molar-refractivity contribution >= 4 is 6.03 Å². The molecule has 1 atom stereocenters. The number of nitrogens with one attached hydrogen (secondary N) is 1. The van der Waals surface area contributed by atoms with Gasteiger partial charge in [0.05, 0.1) is 31.1 Å². The Morgan fingerprint density at radius 2 is 2.29 bits per heavy atom. The number of rotatable bonds is 4. The van der Waals surface area contributed by atoms with Crippen molar-refractivity contribution in [1.29, 1.82) is 0 Å². The fraction of sp³-hybridized carbons (Fsp3) is 0.667. The van der Waals surface area contributed by atoms with Gasteiger partial charge in [-0.2, -0.15) is 0 Å². The summed E-state index contributed by atoms with van der Waals surface area (Å²) < 4.78 is 11.1. The van der Waals surface area contributed by atoms with Crippen LogP contribution in [-0.2, 0) is 4.74 Å². The summed E-state index contributed by atoms with van der Waals surface area (Å²) in [6, 6.07) is 3.76. The summed E-state index contributed by atoms with van der Waals surface area (Å²) in [5.41, 5.74) is -0.280. The lowest BCUT2D eigenvalue weighted by molar-refractivity contribution is -0.0734. The van der Waals surface area contributed by atoms with Crippen LogP contribution in [0.4, 0.5) is 4.79 Å². The molecule has 21 heavy (non-hydrogen) atoms. The number of nitrogens with zero attached hydrogens (tertiary/aromatic N) is 2. The lowest BCUT2D eigenvalue weighted by Crippen LogP contribution is -2.54. The molecule has 1 unspecified atom stereocenters. The first-order chi connectivity index (χ1) is 9.89. The predicted molar refractivity (Wildman–Crippen MR) is 80.1 cm³/mol. The molecule has 1 aromatic rings. The van der Waals surface area contributed by atoms with Crippen LogP contribution in [0, 0.1) is 0 Å². The van der Waals surface area contributed by atoms with E-state index in [1.54, 1.807) is 11.2 Å². The first kappa shape index (κ1) is 15.9. The molecule has 1 aliphatic rings. The van der Waals surface area contributed by atoms with E-state index in [2.05, 4.69) is 5.32 Å². The first-order valence-electron chi connectivity index (χ1n) is 7.25. The van der Waals surface area contributed by atoms with Gasteiger partial charge in [0.2, 0.25) is 0 Å². The minimum Gasteiger partial charge on any atom is -0.468 e. The second-order valence-corrected chi connectivity index (χ2v) is 6.21. The molecule has 6 nitrogen and oxygen atoms in total. The van der Waals surface area contributed by atoms with E-state index in [9.17, 15) is 4.79 Å². The number of carbonyl (C=O) groups excluding carboxylic acids is 1. The minimum atomic E-state index is -0.280. The van der Waals surface area contributed by atoms with Gasteiger partial charge >= 0.3 is 6.03 Å². The van der Waals surface area contributed by atoms with Crippen LogP contribution < -0.4 is 5.32 Å². The van der Waals surface area contributed by atoms with E-state index in [1.807, 2.05) is 45.0 Å².